The average molecular weight is 487 g/mol. The number of benzene rings is 1. The molecule has 26 heavy (non-hydrogen) atoms. The minimum atomic E-state index is 0. The molecule has 6 nitrogen and oxygen atoms in total. The topological polar surface area (TPSA) is 61.8 Å². The van der Waals surface area contributed by atoms with Gasteiger partial charge in [-0.25, -0.2) is 4.98 Å². The average Bonchev–Trinajstić information content (AvgIpc) is 3.11. The summed E-state index contributed by atoms with van der Waals surface area (Å²) in [6.07, 6.45) is 1.01. The van der Waals surface area contributed by atoms with Crippen LogP contribution in [-0.4, -0.2) is 45.2 Å². The van der Waals surface area contributed by atoms with Gasteiger partial charge in [0.05, 0.1) is 18.8 Å². The highest BCUT2D eigenvalue weighted by atomic mass is 127. The number of hydrogen-bond donors (Lipinski definition) is 2. The second-order valence-electron chi connectivity index (χ2n) is 6.19. The Morgan fingerprint density at radius 1 is 1.35 bits per heavy atom. The van der Waals surface area contributed by atoms with E-state index in [9.17, 15) is 0 Å². The first-order chi connectivity index (χ1) is 12.2. The van der Waals surface area contributed by atoms with Gasteiger partial charge in [-0.1, -0.05) is 18.2 Å². The number of nitrogens with one attached hydrogen (secondary N) is 2. The molecule has 0 aliphatic carbocycles. The van der Waals surface area contributed by atoms with Crippen molar-refractivity contribution in [3.63, 3.8) is 0 Å². The van der Waals surface area contributed by atoms with E-state index in [4.69, 9.17) is 4.74 Å². The molecule has 0 saturated carbocycles. The predicted octanol–water partition coefficient (Wildman–Crippen LogP) is 3.06. The molecular formula is C18H26IN5OS. The molecule has 2 aromatic rings. The number of rotatable bonds is 5. The van der Waals surface area contributed by atoms with Crippen LogP contribution < -0.4 is 20.3 Å². The van der Waals surface area contributed by atoms with E-state index in [0.717, 1.165) is 42.1 Å². The molecule has 0 fully saturated rings. The van der Waals surface area contributed by atoms with E-state index in [2.05, 4.69) is 38.1 Å². The Balaban J connectivity index is 0.00000243. The summed E-state index contributed by atoms with van der Waals surface area (Å²) < 4.78 is 5.73. The van der Waals surface area contributed by atoms with Crippen molar-refractivity contribution in [1.82, 2.24) is 15.6 Å². The highest BCUT2D eigenvalue weighted by Crippen LogP contribution is 2.32. The fourth-order valence-electron chi connectivity index (χ4n) is 2.83. The number of ether oxygens (including phenoxy) is 1. The van der Waals surface area contributed by atoms with Crippen molar-refractivity contribution >= 4 is 46.4 Å². The second kappa shape index (κ2) is 9.96. The molecule has 1 atom stereocenters. The largest absolute Gasteiger partial charge is 0.493 e. The van der Waals surface area contributed by atoms with Gasteiger partial charge in [-0.3, -0.25) is 4.99 Å². The highest BCUT2D eigenvalue weighted by molar-refractivity contribution is 14.0. The summed E-state index contributed by atoms with van der Waals surface area (Å²) in [5.41, 5.74) is 2.29. The van der Waals surface area contributed by atoms with Gasteiger partial charge in [-0.2, -0.15) is 0 Å². The maximum atomic E-state index is 5.73. The van der Waals surface area contributed by atoms with Crippen molar-refractivity contribution in [2.24, 2.45) is 4.99 Å². The van der Waals surface area contributed by atoms with Crippen molar-refractivity contribution in [2.45, 2.75) is 18.9 Å². The zero-order chi connectivity index (χ0) is 17.6. The minimum absolute atomic E-state index is 0. The van der Waals surface area contributed by atoms with Gasteiger partial charge in [0.25, 0.3) is 0 Å². The summed E-state index contributed by atoms with van der Waals surface area (Å²) >= 11 is 1.65. The molecule has 142 valence electrons. The third-order valence-electron chi connectivity index (χ3n) is 4.18. The van der Waals surface area contributed by atoms with Gasteiger partial charge < -0.3 is 20.3 Å². The normalized spacial score (nSPS) is 16.1. The van der Waals surface area contributed by atoms with Gasteiger partial charge in [0, 0.05) is 39.0 Å². The minimum Gasteiger partial charge on any atom is -0.493 e. The van der Waals surface area contributed by atoms with E-state index in [1.807, 2.05) is 31.1 Å². The summed E-state index contributed by atoms with van der Waals surface area (Å²) in [7, 11) is 5.80. The molecule has 0 spiro atoms. The summed E-state index contributed by atoms with van der Waals surface area (Å²) in [6.45, 7) is 2.26. The number of thiazole rings is 1. The third-order valence-corrected chi connectivity index (χ3v) is 5.24. The molecule has 0 amide bonds. The SMILES string of the molecule is CN=C(NCc1csc(N(C)C)n1)NCC1CCOc2ccccc21.I. The van der Waals surface area contributed by atoms with Crippen LogP contribution in [-0.2, 0) is 6.54 Å². The smallest absolute Gasteiger partial charge is 0.191 e. The van der Waals surface area contributed by atoms with Crippen LogP contribution in [0.1, 0.15) is 23.6 Å². The van der Waals surface area contributed by atoms with Gasteiger partial charge in [0.15, 0.2) is 11.1 Å². The standard InChI is InChI=1S/C18H25N5OS.HI/c1-19-17(21-11-14-12-25-18(22-14)23(2)3)20-10-13-8-9-24-16-7-5-4-6-15(13)16;/h4-7,12-13H,8-11H2,1-3H3,(H2,19,20,21);1H. The number of anilines is 1. The molecule has 0 saturated heterocycles. The molecule has 2 heterocycles. The third kappa shape index (κ3) is 5.23. The summed E-state index contributed by atoms with van der Waals surface area (Å²) in [5, 5.41) is 9.85. The lowest BCUT2D eigenvalue weighted by Gasteiger charge is -2.26. The van der Waals surface area contributed by atoms with E-state index in [1.165, 1.54) is 5.56 Å². The van der Waals surface area contributed by atoms with Crippen LogP contribution in [0.5, 0.6) is 5.75 Å². The predicted molar refractivity (Wildman–Crippen MR) is 119 cm³/mol. The lowest BCUT2D eigenvalue weighted by molar-refractivity contribution is 0.267. The van der Waals surface area contributed by atoms with Crippen LogP contribution in [0.15, 0.2) is 34.6 Å². The van der Waals surface area contributed by atoms with Crippen molar-refractivity contribution in [2.75, 3.05) is 39.2 Å². The Morgan fingerprint density at radius 3 is 2.88 bits per heavy atom. The first-order valence-corrected chi connectivity index (χ1v) is 9.33. The molecule has 0 radical (unpaired) electrons. The van der Waals surface area contributed by atoms with E-state index >= 15 is 0 Å². The second-order valence-corrected chi connectivity index (χ2v) is 7.03. The van der Waals surface area contributed by atoms with E-state index in [-0.39, 0.29) is 24.0 Å². The number of para-hydroxylation sites is 1. The monoisotopic (exact) mass is 487 g/mol. The maximum absolute atomic E-state index is 5.73. The van der Waals surface area contributed by atoms with Gasteiger partial charge in [0.2, 0.25) is 0 Å². The van der Waals surface area contributed by atoms with Gasteiger partial charge in [-0.05, 0) is 18.1 Å². The maximum Gasteiger partial charge on any atom is 0.191 e. The van der Waals surface area contributed by atoms with Gasteiger partial charge in [0.1, 0.15) is 5.75 Å². The van der Waals surface area contributed by atoms with Crippen molar-refractivity contribution in [3.8, 4) is 5.75 Å². The summed E-state index contributed by atoms with van der Waals surface area (Å²) in [6, 6.07) is 8.28. The Kier molecular flexibility index (Phi) is 7.95. The Morgan fingerprint density at radius 2 is 2.15 bits per heavy atom. The molecule has 3 rings (SSSR count). The number of fused-ring (bicyclic) bond motifs is 1. The fourth-order valence-corrected chi connectivity index (χ4v) is 3.58. The number of aliphatic imine (C=N–C) groups is 1. The van der Waals surface area contributed by atoms with Gasteiger partial charge >= 0.3 is 0 Å². The molecule has 1 unspecified atom stereocenters. The van der Waals surface area contributed by atoms with Crippen LogP contribution in [0.3, 0.4) is 0 Å². The molecule has 8 heteroatoms. The Labute approximate surface area is 176 Å². The molecule has 0 bridgehead atoms. The van der Waals surface area contributed by atoms with E-state index in [1.54, 1.807) is 18.4 Å². The summed E-state index contributed by atoms with van der Waals surface area (Å²) in [4.78, 5) is 10.9. The molecule has 1 aliphatic rings. The highest BCUT2D eigenvalue weighted by Gasteiger charge is 2.21. The van der Waals surface area contributed by atoms with Crippen LogP contribution >= 0.6 is 35.3 Å². The van der Waals surface area contributed by atoms with Crippen LogP contribution in [0.4, 0.5) is 5.13 Å². The Hall–Kier alpha value is -1.55. The summed E-state index contributed by atoms with van der Waals surface area (Å²) in [5.74, 6) is 2.23. The molecular weight excluding hydrogens is 461 g/mol. The number of aromatic nitrogens is 1. The number of halogens is 1. The number of nitrogens with zero attached hydrogens (tertiary/aromatic N) is 3. The van der Waals surface area contributed by atoms with Crippen molar-refractivity contribution in [3.05, 3.63) is 40.9 Å². The zero-order valence-electron chi connectivity index (χ0n) is 15.4. The zero-order valence-corrected chi connectivity index (χ0v) is 18.5. The Bertz CT molecular complexity index is 734. The fraction of sp³-hybridized carbons (Fsp3) is 0.444. The molecule has 1 aliphatic heterocycles. The number of guanidine groups is 1. The van der Waals surface area contributed by atoms with Crippen LogP contribution in [0.2, 0.25) is 0 Å². The first kappa shape index (κ1) is 20.8. The number of hydrogen-bond acceptors (Lipinski definition) is 5. The first-order valence-electron chi connectivity index (χ1n) is 8.45. The molecule has 1 aromatic carbocycles. The lowest BCUT2D eigenvalue weighted by Crippen LogP contribution is -2.39. The van der Waals surface area contributed by atoms with Crippen LogP contribution in [0.25, 0.3) is 0 Å². The quantitative estimate of drug-likeness (QED) is 0.386. The van der Waals surface area contributed by atoms with E-state index < -0.39 is 0 Å². The molecule has 2 N–H and O–H groups in total. The van der Waals surface area contributed by atoms with E-state index in [0.29, 0.717) is 12.5 Å². The molecule has 1 aromatic heterocycles. The van der Waals surface area contributed by atoms with Crippen molar-refractivity contribution in [1.29, 1.82) is 0 Å². The van der Waals surface area contributed by atoms with Gasteiger partial charge in [-0.15, -0.1) is 35.3 Å². The lowest BCUT2D eigenvalue weighted by atomic mass is 9.93. The van der Waals surface area contributed by atoms with Crippen LogP contribution in [0, 0.1) is 0 Å². The van der Waals surface area contributed by atoms with Crippen molar-refractivity contribution < 1.29 is 4.74 Å².